The predicted molar refractivity (Wildman–Crippen MR) is 108 cm³/mol. The van der Waals surface area contributed by atoms with Gasteiger partial charge in [0.25, 0.3) is 0 Å². The molecule has 4 nitrogen and oxygen atoms in total. The summed E-state index contributed by atoms with van der Waals surface area (Å²) in [6.45, 7) is 3.61. The summed E-state index contributed by atoms with van der Waals surface area (Å²) in [6.07, 6.45) is 7.02. The average molecular weight is 363 g/mol. The van der Waals surface area contributed by atoms with Crippen LogP contribution in [0.2, 0.25) is 0 Å². The summed E-state index contributed by atoms with van der Waals surface area (Å²) >= 11 is 0. The lowest BCUT2D eigenvalue weighted by Crippen LogP contribution is -2.23. The summed E-state index contributed by atoms with van der Waals surface area (Å²) in [5.74, 6) is 0.938. The van der Waals surface area contributed by atoms with Crippen molar-refractivity contribution in [2.24, 2.45) is 0 Å². The lowest BCUT2D eigenvalue weighted by atomic mass is 10.1. The molecule has 2 aromatic carbocycles. The molecule has 140 valence electrons. The van der Waals surface area contributed by atoms with Crippen molar-refractivity contribution in [3.05, 3.63) is 65.7 Å². The topological polar surface area (TPSA) is 46.6 Å². The number of allylic oxidation sites excluding steroid dienone is 1. The molecule has 0 unspecified atom stereocenters. The molecule has 4 heteroatoms. The zero-order chi connectivity index (χ0) is 19.1. The molecular formula is C23H25NO3. The monoisotopic (exact) mass is 363 g/mol. The van der Waals surface area contributed by atoms with Crippen molar-refractivity contribution < 1.29 is 14.3 Å². The van der Waals surface area contributed by atoms with Crippen LogP contribution in [0.1, 0.15) is 48.5 Å². The SMILES string of the molecule is CCCCOc1ccc(/C=C/C(=O)c2ccc(N3CCCC3=O)cc2)cc1. The van der Waals surface area contributed by atoms with Crippen molar-refractivity contribution in [3.8, 4) is 5.75 Å². The number of carbonyl (C=O) groups excluding carboxylic acids is 2. The van der Waals surface area contributed by atoms with Gasteiger partial charge < -0.3 is 9.64 Å². The van der Waals surface area contributed by atoms with E-state index < -0.39 is 0 Å². The van der Waals surface area contributed by atoms with Crippen LogP contribution < -0.4 is 9.64 Å². The number of hydrogen-bond donors (Lipinski definition) is 0. The van der Waals surface area contributed by atoms with Gasteiger partial charge in [-0.15, -0.1) is 0 Å². The molecule has 0 N–H and O–H groups in total. The second-order valence-corrected chi connectivity index (χ2v) is 6.66. The van der Waals surface area contributed by atoms with Crippen molar-refractivity contribution in [1.82, 2.24) is 0 Å². The first-order chi connectivity index (χ1) is 13.2. The Labute approximate surface area is 160 Å². The van der Waals surface area contributed by atoms with Crippen molar-refractivity contribution >= 4 is 23.5 Å². The zero-order valence-corrected chi connectivity index (χ0v) is 15.7. The Morgan fingerprint density at radius 2 is 1.85 bits per heavy atom. The third-order valence-electron chi connectivity index (χ3n) is 4.61. The minimum atomic E-state index is -0.0578. The number of rotatable bonds is 8. The van der Waals surface area contributed by atoms with Gasteiger partial charge in [0.1, 0.15) is 5.75 Å². The molecule has 0 saturated carbocycles. The van der Waals surface area contributed by atoms with Crippen molar-refractivity contribution in [2.45, 2.75) is 32.6 Å². The molecule has 0 bridgehead atoms. The first kappa shape index (κ1) is 18.9. The predicted octanol–water partition coefficient (Wildman–Crippen LogP) is 4.89. The molecule has 0 spiro atoms. The van der Waals surface area contributed by atoms with E-state index in [-0.39, 0.29) is 11.7 Å². The second-order valence-electron chi connectivity index (χ2n) is 6.66. The molecule has 1 saturated heterocycles. The number of hydrogen-bond acceptors (Lipinski definition) is 3. The number of unbranched alkanes of at least 4 members (excludes halogenated alkanes) is 1. The smallest absolute Gasteiger partial charge is 0.227 e. The molecule has 1 heterocycles. The number of carbonyl (C=O) groups is 2. The van der Waals surface area contributed by atoms with Gasteiger partial charge >= 0.3 is 0 Å². The van der Waals surface area contributed by atoms with Gasteiger partial charge in [0.15, 0.2) is 5.78 Å². The Balaban J connectivity index is 1.58. The maximum absolute atomic E-state index is 12.4. The maximum atomic E-state index is 12.4. The van der Waals surface area contributed by atoms with Crippen LogP contribution >= 0.6 is 0 Å². The maximum Gasteiger partial charge on any atom is 0.227 e. The largest absolute Gasteiger partial charge is 0.494 e. The fourth-order valence-corrected chi connectivity index (χ4v) is 3.00. The molecule has 1 aliphatic heterocycles. The van der Waals surface area contributed by atoms with Crippen LogP contribution in [0.3, 0.4) is 0 Å². The van der Waals surface area contributed by atoms with Gasteiger partial charge in [-0.1, -0.05) is 31.6 Å². The third-order valence-corrected chi connectivity index (χ3v) is 4.61. The first-order valence-corrected chi connectivity index (χ1v) is 9.53. The first-order valence-electron chi connectivity index (χ1n) is 9.53. The van der Waals surface area contributed by atoms with E-state index in [1.54, 1.807) is 29.2 Å². The van der Waals surface area contributed by atoms with Gasteiger partial charge in [-0.25, -0.2) is 0 Å². The Kier molecular flexibility index (Phi) is 6.42. The number of ether oxygens (including phenoxy) is 1. The summed E-state index contributed by atoms with van der Waals surface area (Å²) in [4.78, 5) is 25.9. The van der Waals surface area contributed by atoms with E-state index in [1.165, 1.54) is 0 Å². The Bertz CT molecular complexity index is 807. The van der Waals surface area contributed by atoms with E-state index >= 15 is 0 Å². The molecule has 3 rings (SSSR count). The minimum Gasteiger partial charge on any atom is -0.494 e. The Morgan fingerprint density at radius 3 is 2.48 bits per heavy atom. The number of ketones is 1. The highest BCUT2D eigenvalue weighted by molar-refractivity contribution is 6.07. The molecule has 0 atom stereocenters. The van der Waals surface area contributed by atoms with Gasteiger partial charge in [-0.2, -0.15) is 0 Å². The zero-order valence-electron chi connectivity index (χ0n) is 15.7. The summed E-state index contributed by atoms with van der Waals surface area (Å²) < 4.78 is 5.64. The van der Waals surface area contributed by atoms with Gasteiger partial charge in [0.2, 0.25) is 5.91 Å². The molecule has 1 amide bonds. The quantitative estimate of drug-likeness (QED) is 0.381. The summed E-state index contributed by atoms with van der Waals surface area (Å²) in [5.41, 5.74) is 2.42. The summed E-state index contributed by atoms with van der Waals surface area (Å²) in [5, 5.41) is 0. The number of anilines is 1. The number of amides is 1. The van der Waals surface area contributed by atoms with Gasteiger partial charge in [-0.05, 0) is 60.9 Å². The molecule has 0 aliphatic carbocycles. The van der Waals surface area contributed by atoms with Crippen molar-refractivity contribution in [2.75, 3.05) is 18.1 Å². The fourth-order valence-electron chi connectivity index (χ4n) is 3.00. The third kappa shape index (κ3) is 5.07. The summed E-state index contributed by atoms with van der Waals surface area (Å²) in [7, 11) is 0. The van der Waals surface area contributed by atoms with Crippen molar-refractivity contribution in [3.63, 3.8) is 0 Å². The highest BCUT2D eigenvalue weighted by Gasteiger charge is 2.21. The Morgan fingerprint density at radius 1 is 1.11 bits per heavy atom. The molecule has 1 fully saturated rings. The second kappa shape index (κ2) is 9.17. The highest BCUT2D eigenvalue weighted by Crippen LogP contribution is 2.22. The number of nitrogens with zero attached hydrogens (tertiary/aromatic N) is 1. The van der Waals surface area contributed by atoms with Crippen LogP contribution in [0.15, 0.2) is 54.6 Å². The van der Waals surface area contributed by atoms with Crippen LogP contribution in [-0.4, -0.2) is 24.8 Å². The number of benzene rings is 2. The van der Waals surface area contributed by atoms with E-state index in [9.17, 15) is 9.59 Å². The van der Waals surface area contributed by atoms with Crippen LogP contribution in [0.4, 0.5) is 5.69 Å². The molecule has 1 aliphatic rings. The fraction of sp³-hybridized carbons (Fsp3) is 0.304. The van der Waals surface area contributed by atoms with Crippen molar-refractivity contribution in [1.29, 1.82) is 0 Å². The van der Waals surface area contributed by atoms with Gasteiger partial charge in [-0.3, -0.25) is 9.59 Å². The van der Waals surface area contributed by atoms with Crippen LogP contribution in [0, 0.1) is 0 Å². The lowest BCUT2D eigenvalue weighted by molar-refractivity contribution is -0.117. The van der Waals surface area contributed by atoms with E-state index in [0.717, 1.165) is 49.4 Å². The lowest BCUT2D eigenvalue weighted by Gasteiger charge is -2.15. The molecule has 2 aromatic rings. The Hall–Kier alpha value is -2.88. The van der Waals surface area contributed by atoms with E-state index in [4.69, 9.17) is 4.74 Å². The van der Waals surface area contributed by atoms with Gasteiger partial charge in [0.05, 0.1) is 6.61 Å². The van der Waals surface area contributed by atoms with E-state index in [1.807, 2.05) is 36.4 Å². The highest BCUT2D eigenvalue weighted by atomic mass is 16.5. The molecule has 0 aromatic heterocycles. The van der Waals surface area contributed by atoms with E-state index in [2.05, 4.69) is 6.92 Å². The molecule has 27 heavy (non-hydrogen) atoms. The van der Waals surface area contributed by atoms with Crippen LogP contribution in [0.25, 0.3) is 6.08 Å². The normalized spacial score (nSPS) is 14.1. The van der Waals surface area contributed by atoms with Crippen LogP contribution in [0.5, 0.6) is 5.75 Å². The minimum absolute atomic E-state index is 0.0578. The molecular weight excluding hydrogens is 338 g/mol. The standard InChI is InChI=1S/C23H25NO3/c1-2-3-17-27-21-13-6-18(7-14-21)8-15-22(25)19-9-11-20(12-10-19)24-16-4-5-23(24)26/h6-15H,2-5,16-17H2,1H3/b15-8+. The molecule has 0 radical (unpaired) electrons. The van der Waals surface area contributed by atoms with Crippen LogP contribution in [-0.2, 0) is 4.79 Å². The average Bonchev–Trinajstić information content (AvgIpc) is 3.13. The van der Waals surface area contributed by atoms with Gasteiger partial charge in [0, 0.05) is 24.2 Å². The van der Waals surface area contributed by atoms with E-state index in [0.29, 0.717) is 12.0 Å². The summed E-state index contributed by atoms with van der Waals surface area (Å²) in [6, 6.07) is 14.9.